The van der Waals surface area contributed by atoms with Crippen LogP contribution in [0.2, 0.25) is 5.02 Å². The lowest BCUT2D eigenvalue weighted by Gasteiger charge is -2.07. The number of rotatable bonds is 3. The molecule has 6 heteroatoms. The Morgan fingerprint density at radius 2 is 2.29 bits per heavy atom. The van der Waals surface area contributed by atoms with Crippen LogP contribution in [0.25, 0.3) is 0 Å². The molecule has 0 bridgehead atoms. The van der Waals surface area contributed by atoms with Crippen LogP contribution >= 0.6 is 23.4 Å². The lowest BCUT2D eigenvalue weighted by molar-refractivity contribution is 0.454. The second-order valence-corrected chi connectivity index (χ2v) is 4.78. The first-order valence-corrected chi connectivity index (χ1v) is 6.00. The van der Waals surface area contributed by atoms with Crippen molar-refractivity contribution in [1.82, 2.24) is 4.98 Å². The molecule has 0 radical (unpaired) electrons. The van der Waals surface area contributed by atoms with Crippen LogP contribution in [0.1, 0.15) is 11.3 Å². The molecular weight excluding hydrogens is 258 g/mol. The van der Waals surface area contributed by atoms with Crippen LogP contribution in [0.5, 0.6) is 0 Å². The van der Waals surface area contributed by atoms with E-state index in [4.69, 9.17) is 27.2 Å². The molecule has 0 aliphatic carbocycles. The molecule has 88 valence electrons. The fourth-order valence-corrected chi connectivity index (χ4v) is 2.60. The van der Waals surface area contributed by atoms with Gasteiger partial charge in [0, 0.05) is 10.5 Å². The molecular formula is C11H10ClN3OS. The van der Waals surface area contributed by atoms with E-state index >= 15 is 0 Å². The van der Waals surface area contributed by atoms with Crippen molar-refractivity contribution in [3.05, 3.63) is 40.7 Å². The van der Waals surface area contributed by atoms with Gasteiger partial charge in [-0.05, 0) is 30.8 Å². The van der Waals surface area contributed by atoms with Crippen molar-refractivity contribution in [3.8, 4) is 0 Å². The number of nitrogens with one attached hydrogen (secondary N) is 1. The predicted octanol–water partition coefficient (Wildman–Crippen LogP) is 3.07. The van der Waals surface area contributed by atoms with Crippen LogP contribution in [0.4, 0.5) is 0 Å². The number of nitrogen functional groups attached to an aromatic ring is 1. The number of aromatic nitrogens is 1. The smallest absolute Gasteiger partial charge is 0.260 e. The van der Waals surface area contributed by atoms with Gasteiger partial charge in [-0.25, -0.2) is 4.98 Å². The number of benzene rings is 1. The molecule has 0 spiro atoms. The van der Waals surface area contributed by atoms with Crippen molar-refractivity contribution in [3.63, 3.8) is 0 Å². The van der Waals surface area contributed by atoms with E-state index in [1.807, 2.05) is 13.0 Å². The maximum Gasteiger partial charge on any atom is 0.260 e. The molecule has 2 rings (SSSR count). The summed E-state index contributed by atoms with van der Waals surface area (Å²) in [4.78, 5) is 4.93. The molecule has 0 saturated carbocycles. The molecule has 0 aliphatic heterocycles. The first kappa shape index (κ1) is 12.0. The number of oxazole rings is 1. The SMILES string of the molecule is Cc1coc(Sc2cccc(Cl)c2C(=N)N)n1. The van der Waals surface area contributed by atoms with Gasteiger partial charge < -0.3 is 10.2 Å². The highest BCUT2D eigenvalue weighted by molar-refractivity contribution is 7.99. The lowest BCUT2D eigenvalue weighted by Crippen LogP contribution is -2.12. The Labute approximate surface area is 108 Å². The second-order valence-electron chi connectivity index (χ2n) is 3.38. The quantitative estimate of drug-likeness (QED) is 0.662. The van der Waals surface area contributed by atoms with Crippen molar-refractivity contribution < 1.29 is 4.42 Å². The normalized spacial score (nSPS) is 10.5. The number of amidine groups is 1. The maximum absolute atomic E-state index is 7.52. The molecule has 0 fully saturated rings. The lowest BCUT2D eigenvalue weighted by atomic mass is 10.2. The minimum atomic E-state index is -0.0682. The van der Waals surface area contributed by atoms with E-state index in [0.29, 0.717) is 15.8 Å². The standard InChI is InChI=1S/C11H10ClN3OS/c1-6-5-16-11(15-6)17-8-4-2-3-7(12)9(8)10(13)14/h2-5H,1H3,(H3,13,14). The van der Waals surface area contributed by atoms with Crippen molar-refractivity contribution in [1.29, 1.82) is 5.41 Å². The number of halogens is 1. The Bertz CT molecular complexity index is 568. The molecule has 1 aromatic carbocycles. The molecule has 4 nitrogen and oxygen atoms in total. The van der Waals surface area contributed by atoms with Gasteiger partial charge in [-0.15, -0.1) is 0 Å². The number of aryl methyl sites for hydroxylation is 1. The van der Waals surface area contributed by atoms with Crippen LogP contribution in [0.15, 0.2) is 39.0 Å². The first-order valence-electron chi connectivity index (χ1n) is 4.81. The van der Waals surface area contributed by atoms with Gasteiger partial charge in [0.1, 0.15) is 12.1 Å². The molecule has 0 atom stereocenters. The van der Waals surface area contributed by atoms with Gasteiger partial charge >= 0.3 is 0 Å². The van der Waals surface area contributed by atoms with Gasteiger partial charge in [0.25, 0.3) is 5.22 Å². The molecule has 0 aliphatic rings. The predicted molar refractivity (Wildman–Crippen MR) is 67.8 cm³/mol. The third-order valence-electron chi connectivity index (χ3n) is 2.04. The molecule has 0 unspecified atom stereocenters. The largest absolute Gasteiger partial charge is 0.439 e. The summed E-state index contributed by atoms with van der Waals surface area (Å²) in [5, 5.41) is 8.47. The summed E-state index contributed by atoms with van der Waals surface area (Å²) in [6.07, 6.45) is 1.57. The molecule has 1 aromatic heterocycles. The average Bonchev–Trinajstić information content (AvgIpc) is 2.63. The van der Waals surface area contributed by atoms with Crippen molar-refractivity contribution in [2.24, 2.45) is 5.73 Å². The van der Waals surface area contributed by atoms with E-state index in [9.17, 15) is 0 Å². The number of nitrogens with two attached hydrogens (primary N) is 1. The molecule has 0 amide bonds. The van der Waals surface area contributed by atoms with Gasteiger partial charge in [0.15, 0.2) is 0 Å². The third-order valence-corrected chi connectivity index (χ3v) is 3.28. The van der Waals surface area contributed by atoms with Crippen LogP contribution in [-0.4, -0.2) is 10.8 Å². The first-order chi connectivity index (χ1) is 8.08. The maximum atomic E-state index is 7.52. The minimum Gasteiger partial charge on any atom is -0.439 e. The topological polar surface area (TPSA) is 75.9 Å². The van der Waals surface area contributed by atoms with Gasteiger partial charge in [-0.3, -0.25) is 5.41 Å². The molecule has 2 aromatic rings. The number of hydrogen-bond donors (Lipinski definition) is 2. The summed E-state index contributed by atoms with van der Waals surface area (Å²) in [5.74, 6) is -0.0682. The zero-order valence-corrected chi connectivity index (χ0v) is 10.6. The van der Waals surface area contributed by atoms with Crippen LogP contribution in [0.3, 0.4) is 0 Å². The Morgan fingerprint density at radius 3 is 2.88 bits per heavy atom. The van der Waals surface area contributed by atoms with E-state index in [2.05, 4.69) is 4.98 Å². The fourth-order valence-electron chi connectivity index (χ4n) is 1.32. The van der Waals surface area contributed by atoms with Gasteiger partial charge in [0.2, 0.25) is 0 Å². The Morgan fingerprint density at radius 1 is 1.53 bits per heavy atom. The second kappa shape index (κ2) is 4.81. The fraction of sp³-hybridized carbons (Fsp3) is 0.0909. The highest BCUT2D eigenvalue weighted by Gasteiger charge is 2.13. The van der Waals surface area contributed by atoms with Gasteiger partial charge in [-0.1, -0.05) is 17.7 Å². The third kappa shape index (κ3) is 2.62. The average molecular weight is 268 g/mol. The molecule has 3 N–H and O–H groups in total. The summed E-state index contributed by atoms with van der Waals surface area (Å²) in [7, 11) is 0. The van der Waals surface area contributed by atoms with Gasteiger partial charge in [-0.2, -0.15) is 0 Å². The zero-order chi connectivity index (χ0) is 12.4. The zero-order valence-electron chi connectivity index (χ0n) is 9.03. The van der Waals surface area contributed by atoms with Crippen LogP contribution in [0, 0.1) is 12.3 Å². The summed E-state index contributed by atoms with van der Waals surface area (Å²) in [5.41, 5.74) is 6.82. The van der Waals surface area contributed by atoms with Crippen LogP contribution in [-0.2, 0) is 0 Å². The minimum absolute atomic E-state index is 0.0682. The van der Waals surface area contributed by atoms with E-state index in [1.54, 1.807) is 18.4 Å². The molecule has 0 saturated heterocycles. The van der Waals surface area contributed by atoms with Crippen molar-refractivity contribution >= 4 is 29.2 Å². The monoisotopic (exact) mass is 267 g/mol. The highest BCUT2D eigenvalue weighted by atomic mass is 35.5. The molecule has 17 heavy (non-hydrogen) atoms. The number of hydrogen-bond acceptors (Lipinski definition) is 4. The summed E-state index contributed by atoms with van der Waals surface area (Å²) in [6.45, 7) is 1.84. The Balaban J connectivity index is 2.39. The summed E-state index contributed by atoms with van der Waals surface area (Å²) < 4.78 is 5.24. The Kier molecular flexibility index (Phi) is 3.40. The number of nitrogens with zero attached hydrogens (tertiary/aromatic N) is 1. The van der Waals surface area contributed by atoms with Crippen LogP contribution < -0.4 is 5.73 Å². The molecule has 1 heterocycles. The van der Waals surface area contributed by atoms with E-state index in [-0.39, 0.29) is 5.84 Å². The van der Waals surface area contributed by atoms with Crippen molar-refractivity contribution in [2.75, 3.05) is 0 Å². The summed E-state index contributed by atoms with van der Waals surface area (Å²) >= 11 is 7.31. The Hall–Kier alpha value is -1.46. The van der Waals surface area contributed by atoms with Gasteiger partial charge in [0.05, 0.1) is 10.7 Å². The van der Waals surface area contributed by atoms with E-state index < -0.39 is 0 Å². The van der Waals surface area contributed by atoms with E-state index in [1.165, 1.54) is 11.8 Å². The van der Waals surface area contributed by atoms with E-state index in [0.717, 1.165) is 10.6 Å². The highest BCUT2D eigenvalue weighted by Crippen LogP contribution is 2.32. The summed E-state index contributed by atoms with van der Waals surface area (Å²) in [6, 6.07) is 5.32. The van der Waals surface area contributed by atoms with Crippen molar-refractivity contribution in [2.45, 2.75) is 17.0 Å².